The van der Waals surface area contributed by atoms with Crippen LogP contribution in [0.5, 0.6) is 0 Å². The lowest BCUT2D eigenvalue weighted by molar-refractivity contribution is 0.0830. The minimum atomic E-state index is 0.315. The highest BCUT2D eigenvalue weighted by atomic mass is 16.5. The Bertz CT molecular complexity index is 108. The average molecular weight is 157 g/mol. The van der Waals surface area contributed by atoms with Gasteiger partial charge in [0.1, 0.15) is 0 Å². The van der Waals surface area contributed by atoms with Gasteiger partial charge in [0.15, 0.2) is 0 Å². The van der Waals surface area contributed by atoms with Gasteiger partial charge in [-0.15, -0.1) is 0 Å². The van der Waals surface area contributed by atoms with E-state index in [1.807, 2.05) is 0 Å². The molecule has 1 heterocycles. The molecule has 1 unspecified atom stereocenters. The van der Waals surface area contributed by atoms with Crippen LogP contribution in [-0.2, 0) is 4.74 Å². The van der Waals surface area contributed by atoms with Crippen molar-refractivity contribution in [3.05, 3.63) is 0 Å². The lowest BCUT2D eigenvalue weighted by Gasteiger charge is -2.27. The number of rotatable bonds is 4. The Labute approximate surface area is 69.3 Å². The van der Waals surface area contributed by atoms with Gasteiger partial charge >= 0.3 is 0 Å². The predicted octanol–water partition coefficient (Wildman–Crippen LogP) is 1.56. The smallest absolute Gasteiger partial charge is 0.0648 e. The SMILES string of the molecule is CCOCC1(CC)CCCN1. The molecule has 1 aliphatic heterocycles. The fraction of sp³-hybridized carbons (Fsp3) is 1.00. The summed E-state index contributed by atoms with van der Waals surface area (Å²) in [6, 6.07) is 0. The largest absolute Gasteiger partial charge is 0.380 e. The summed E-state index contributed by atoms with van der Waals surface area (Å²) in [7, 11) is 0. The summed E-state index contributed by atoms with van der Waals surface area (Å²) in [5.41, 5.74) is 0.315. The monoisotopic (exact) mass is 157 g/mol. The van der Waals surface area contributed by atoms with Gasteiger partial charge in [0.25, 0.3) is 0 Å². The third kappa shape index (κ3) is 2.17. The van der Waals surface area contributed by atoms with Crippen LogP contribution in [0.2, 0.25) is 0 Å². The van der Waals surface area contributed by atoms with Crippen molar-refractivity contribution in [2.45, 2.75) is 38.6 Å². The summed E-state index contributed by atoms with van der Waals surface area (Å²) in [6.45, 7) is 7.18. The summed E-state index contributed by atoms with van der Waals surface area (Å²) < 4.78 is 5.45. The van der Waals surface area contributed by atoms with Gasteiger partial charge in [0, 0.05) is 12.1 Å². The highest BCUT2D eigenvalue weighted by Crippen LogP contribution is 2.22. The molecule has 0 bridgehead atoms. The fourth-order valence-corrected chi connectivity index (χ4v) is 1.69. The van der Waals surface area contributed by atoms with E-state index in [-0.39, 0.29) is 0 Å². The zero-order valence-corrected chi connectivity index (χ0v) is 7.65. The lowest BCUT2D eigenvalue weighted by atomic mass is 9.96. The molecule has 0 spiro atoms. The van der Waals surface area contributed by atoms with Gasteiger partial charge in [0.2, 0.25) is 0 Å². The Kier molecular flexibility index (Phi) is 3.34. The molecule has 0 aromatic heterocycles. The predicted molar refractivity (Wildman–Crippen MR) is 46.8 cm³/mol. The molecular weight excluding hydrogens is 138 g/mol. The number of hydrogen-bond acceptors (Lipinski definition) is 2. The van der Waals surface area contributed by atoms with Gasteiger partial charge in [0.05, 0.1) is 6.61 Å². The lowest BCUT2D eigenvalue weighted by Crippen LogP contribution is -2.43. The van der Waals surface area contributed by atoms with Crippen molar-refractivity contribution in [1.29, 1.82) is 0 Å². The van der Waals surface area contributed by atoms with Crippen LogP contribution in [0.3, 0.4) is 0 Å². The van der Waals surface area contributed by atoms with E-state index in [9.17, 15) is 0 Å². The quantitative estimate of drug-likeness (QED) is 0.668. The van der Waals surface area contributed by atoms with Crippen LogP contribution in [0.15, 0.2) is 0 Å². The normalized spacial score (nSPS) is 31.1. The van der Waals surface area contributed by atoms with Crippen molar-refractivity contribution in [1.82, 2.24) is 5.32 Å². The summed E-state index contributed by atoms with van der Waals surface area (Å²) in [4.78, 5) is 0. The van der Waals surface area contributed by atoms with Gasteiger partial charge in [-0.05, 0) is 32.7 Å². The van der Waals surface area contributed by atoms with Gasteiger partial charge in [-0.2, -0.15) is 0 Å². The number of hydrogen-bond donors (Lipinski definition) is 1. The first-order chi connectivity index (χ1) is 5.33. The third-order valence-electron chi connectivity index (χ3n) is 2.59. The zero-order chi connectivity index (χ0) is 8.16. The Morgan fingerprint density at radius 3 is 2.73 bits per heavy atom. The molecule has 11 heavy (non-hydrogen) atoms. The Morgan fingerprint density at radius 1 is 1.45 bits per heavy atom. The van der Waals surface area contributed by atoms with Crippen LogP contribution in [0.25, 0.3) is 0 Å². The molecule has 0 radical (unpaired) electrons. The van der Waals surface area contributed by atoms with Gasteiger partial charge < -0.3 is 10.1 Å². The first-order valence-corrected chi connectivity index (χ1v) is 4.66. The minimum Gasteiger partial charge on any atom is -0.380 e. The van der Waals surface area contributed by atoms with Crippen molar-refractivity contribution in [2.24, 2.45) is 0 Å². The molecule has 1 N–H and O–H groups in total. The van der Waals surface area contributed by atoms with Crippen molar-refractivity contribution in [3.8, 4) is 0 Å². The van der Waals surface area contributed by atoms with E-state index in [4.69, 9.17) is 4.74 Å². The second kappa shape index (κ2) is 4.07. The first-order valence-electron chi connectivity index (χ1n) is 4.66. The summed E-state index contributed by atoms with van der Waals surface area (Å²) >= 11 is 0. The van der Waals surface area contributed by atoms with E-state index in [0.717, 1.165) is 13.2 Å². The summed E-state index contributed by atoms with van der Waals surface area (Å²) in [6.07, 6.45) is 3.78. The molecule has 0 saturated carbocycles. The van der Waals surface area contributed by atoms with Crippen molar-refractivity contribution in [2.75, 3.05) is 19.8 Å². The van der Waals surface area contributed by atoms with E-state index in [2.05, 4.69) is 19.2 Å². The van der Waals surface area contributed by atoms with Gasteiger partial charge in [-0.25, -0.2) is 0 Å². The molecule has 0 aliphatic carbocycles. The molecule has 2 nitrogen and oxygen atoms in total. The van der Waals surface area contributed by atoms with Crippen molar-refractivity contribution >= 4 is 0 Å². The maximum Gasteiger partial charge on any atom is 0.0648 e. The molecule has 66 valence electrons. The summed E-state index contributed by atoms with van der Waals surface area (Å²) in [5.74, 6) is 0. The van der Waals surface area contributed by atoms with Crippen molar-refractivity contribution < 1.29 is 4.74 Å². The van der Waals surface area contributed by atoms with E-state index >= 15 is 0 Å². The number of ether oxygens (including phenoxy) is 1. The highest BCUT2D eigenvalue weighted by molar-refractivity contribution is 4.91. The minimum absolute atomic E-state index is 0.315. The molecule has 1 atom stereocenters. The maximum atomic E-state index is 5.45. The van der Waals surface area contributed by atoms with Crippen LogP contribution >= 0.6 is 0 Å². The highest BCUT2D eigenvalue weighted by Gasteiger charge is 2.31. The van der Waals surface area contributed by atoms with Gasteiger partial charge in [-0.1, -0.05) is 6.92 Å². The molecule has 1 rings (SSSR count). The van der Waals surface area contributed by atoms with Crippen LogP contribution in [0.1, 0.15) is 33.1 Å². The first kappa shape index (κ1) is 9.01. The molecule has 0 aromatic rings. The van der Waals surface area contributed by atoms with E-state index < -0.39 is 0 Å². The Hall–Kier alpha value is -0.0800. The fourth-order valence-electron chi connectivity index (χ4n) is 1.69. The van der Waals surface area contributed by atoms with Crippen LogP contribution in [0, 0.1) is 0 Å². The molecule has 2 heteroatoms. The standard InChI is InChI=1S/C9H19NO/c1-3-9(8-11-4-2)6-5-7-10-9/h10H,3-8H2,1-2H3. The molecule has 1 fully saturated rings. The van der Waals surface area contributed by atoms with Crippen LogP contribution < -0.4 is 5.32 Å². The van der Waals surface area contributed by atoms with E-state index in [0.29, 0.717) is 5.54 Å². The molecule has 0 aromatic carbocycles. The van der Waals surface area contributed by atoms with Gasteiger partial charge in [-0.3, -0.25) is 0 Å². The maximum absolute atomic E-state index is 5.45. The van der Waals surface area contributed by atoms with E-state index in [1.54, 1.807) is 0 Å². The second-order valence-electron chi connectivity index (χ2n) is 3.30. The number of nitrogens with one attached hydrogen (secondary N) is 1. The van der Waals surface area contributed by atoms with Crippen LogP contribution in [0.4, 0.5) is 0 Å². The van der Waals surface area contributed by atoms with Crippen molar-refractivity contribution in [3.63, 3.8) is 0 Å². The summed E-state index contributed by atoms with van der Waals surface area (Å²) in [5, 5.41) is 3.53. The van der Waals surface area contributed by atoms with E-state index in [1.165, 1.54) is 25.8 Å². The molecule has 0 amide bonds. The molecule has 1 saturated heterocycles. The Morgan fingerprint density at radius 2 is 2.27 bits per heavy atom. The second-order valence-corrected chi connectivity index (χ2v) is 3.30. The average Bonchev–Trinajstić information content (AvgIpc) is 2.50. The zero-order valence-electron chi connectivity index (χ0n) is 7.65. The Balaban J connectivity index is 2.33. The van der Waals surface area contributed by atoms with Crippen LogP contribution in [-0.4, -0.2) is 25.3 Å². The molecule has 1 aliphatic rings. The third-order valence-corrected chi connectivity index (χ3v) is 2.59. The molecular formula is C9H19NO. The topological polar surface area (TPSA) is 21.3 Å².